The van der Waals surface area contributed by atoms with Crippen molar-refractivity contribution in [1.82, 2.24) is 5.32 Å². The number of nitrogens with one attached hydrogen (secondary N) is 1. The molecule has 0 aliphatic rings. The quantitative estimate of drug-likeness (QED) is 0.596. The molecule has 3 nitrogen and oxygen atoms in total. The molecule has 0 aliphatic heterocycles. The number of alkyl halides is 1. The summed E-state index contributed by atoms with van der Waals surface area (Å²) in [6.45, 7) is 10.8. The Morgan fingerprint density at radius 3 is 2.12 bits per heavy atom. The molecule has 0 heterocycles. The number of rotatable bonds is 5. The number of hydrogen-bond acceptors (Lipinski definition) is 2. The molecule has 0 aromatic rings. The van der Waals surface area contributed by atoms with Crippen molar-refractivity contribution in [3.63, 3.8) is 0 Å². The summed E-state index contributed by atoms with van der Waals surface area (Å²) in [6.07, 6.45) is 0.842. The van der Waals surface area contributed by atoms with Crippen molar-refractivity contribution in [2.24, 2.45) is 11.3 Å². The lowest BCUT2D eigenvalue weighted by Crippen LogP contribution is -2.41. The smallest absolute Gasteiger partial charge is 0.223 e. The van der Waals surface area contributed by atoms with Crippen LogP contribution in [0.1, 0.15) is 41.0 Å². The standard InChI is InChI=1S/C12H24INO2/c1-11(2,3)9(8-12(4,5)13)10(16)14-6-7-15/h9,15H,6-8H2,1-5H3,(H,14,16). The number of halogens is 1. The van der Waals surface area contributed by atoms with Crippen LogP contribution in [0.15, 0.2) is 0 Å². The molecule has 1 atom stereocenters. The van der Waals surface area contributed by atoms with Gasteiger partial charge >= 0.3 is 0 Å². The van der Waals surface area contributed by atoms with Crippen molar-refractivity contribution in [3.05, 3.63) is 0 Å². The van der Waals surface area contributed by atoms with E-state index < -0.39 is 0 Å². The molecule has 0 aromatic heterocycles. The maximum Gasteiger partial charge on any atom is 0.223 e. The first-order valence-corrected chi connectivity index (χ1v) is 6.73. The van der Waals surface area contributed by atoms with Crippen LogP contribution < -0.4 is 5.32 Å². The van der Waals surface area contributed by atoms with Gasteiger partial charge in [0.25, 0.3) is 0 Å². The van der Waals surface area contributed by atoms with Crippen molar-refractivity contribution in [1.29, 1.82) is 0 Å². The van der Waals surface area contributed by atoms with Crippen LogP contribution in [0.2, 0.25) is 0 Å². The number of carbonyl (C=O) groups excluding carboxylic acids is 1. The Morgan fingerprint density at radius 2 is 1.81 bits per heavy atom. The van der Waals surface area contributed by atoms with Crippen LogP contribution in [0.25, 0.3) is 0 Å². The fraction of sp³-hybridized carbons (Fsp3) is 0.917. The fourth-order valence-corrected chi connectivity index (χ4v) is 2.02. The van der Waals surface area contributed by atoms with Crippen molar-refractivity contribution in [2.75, 3.05) is 13.2 Å². The highest BCUT2D eigenvalue weighted by Gasteiger charge is 2.34. The third-order valence-corrected chi connectivity index (χ3v) is 2.90. The fourth-order valence-electron chi connectivity index (χ4n) is 1.58. The van der Waals surface area contributed by atoms with Crippen LogP contribution in [-0.2, 0) is 4.79 Å². The maximum absolute atomic E-state index is 12.0. The van der Waals surface area contributed by atoms with E-state index in [2.05, 4.69) is 62.5 Å². The van der Waals surface area contributed by atoms with Gasteiger partial charge in [0.1, 0.15) is 0 Å². The monoisotopic (exact) mass is 341 g/mol. The van der Waals surface area contributed by atoms with Gasteiger partial charge in [-0.05, 0) is 11.8 Å². The first kappa shape index (κ1) is 16.2. The van der Waals surface area contributed by atoms with Crippen molar-refractivity contribution in [3.8, 4) is 0 Å². The van der Waals surface area contributed by atoms with Gasteiger partial charge < -0.3 is 10.4 Å². The van der Waals surface area contributed by atoms with Crippen LogP contribution in [0.5, 0.6) is 0 Å². The Balaban J connectivity index is 4.62. The highest BCUT2D eigenvalue weighted by atomic mass is 127. The topological polar surface area (TPSA) is 49.3 Å². The predicted octanol–water partition coefficient (Wildman–Crippen LogP) is 2.36. The number of carbonyl (C=O) groups is 1. The summed E-state index contributed by atoms with van der Waals surface area (Å²) in [7, 11) is 0. The molecule has 0 radical (unpaired) electrons. The summed E-state index contributed by atoms with van der Waals surface area (Å²) < 4.78 is 0.103. The Kier molecular flexibility index (Phi) is 6.25. The van der Waals surface area contributed by atoms with Gasteiger partial charge in [0.2, 0.25) is 5.91 Å². The normalized spacial score (nSPS) is 14.7. The molecule has 0 aromatic carbocycles. The first-order valence-electron chi connectivity index (χ1n) is 5.65. The van der Waals surface area contributed by atoms with Gasteiger partial charge in [-0.25, -0.2) is 0 Å². The zero-order valence-electron chi connectivity index (χ0n) is 10.9. The van der Waals surface area contributed by atoms with Crippen molar-refractivity contribution < 1.29 is 9.90 Å². The molecule has 1 amide bonds. The average molecular weight is 341 g/mol. The second-order valence-electron chi connectivity index (χ2n) is 5.86. The molecule has 2 N–H and O–H groups in total. The molecule has 1 unspecified atom stereocenters. The number of amides is 1. The number of aliphatic hydroxyl groups is 1. The Morgan fingerprint density at radius 1 is 1.31 bits per heavy atom. The first-order chi connectivity index (χ1) is 7.08. The third kappa shape index (κ3) is 6.68. The van der Waals surface area contributed by atoms with Gasteiger partial charge in [-0.2, -0.15) is 0 Å². The summed E-state index contributed by atoms with van der Waals surface area (Å²) in [5, 5.41) is 11.5. The van der Waals surface area contributed by atoms with Crippen LogP contribution in [-0.4, -0.2) is 27.6 Å². The van der Waals surface area contributed by atoms with Crippen LogP contribution >= 0.6 is 22.6 Å². The van der Waals surface area contributed by atoms with Gasteiger partial charge in [-0.1, -0.05) is 57.2 Å². The van der Waals surface area contributed by atoms with Gasteiger partial charge in [-0.15, -0.1) is 0 Å². The molecule has 96 valence electrons. The third-order valence-electron chi connectivity index (χ3n) is 2.46. The molecule has 0 aliphatic carbocycles. The second-order valence-corrected chi connectivity index (χ2v) is 8.78. The molecule has 0 bridgehead atoms. The molecule has 0 saturated carbocycles. The molecular formula is C12H24INO2. The average Bonchev–Trinajstić information content (AvgIpc) is 2.07. The van der Waals surface area contributed by atoms with E-state index in [1.165, 1.54) is 0 Å². The van der Waals surface area contributed by atoms with E-state index in [0.717, 1.165) is 6.42 Å². The zero-order chi connectivity index (χ0) is 13.0. The Labute approximate surface area is 113 Å². The molecule has 0 saturated heterocycles. The van der Waals surface area contributed by atoms with E-state index in [9.17, 15) is 4.79 Å². The minimum Gasteiger partial charge on any atom is -0.395 e. The van der Waals surface area contributed by atoms with E-state index >= 15 is 0 Å². The molecule has 4 heteroatoms. The molecule has 0 spiro atoms. The van der Waals surface area contributed by atoms with Crippen LogP contribution in [0.3, 0.4) is 0 Å². The molecule has 0 fully saturated rings. The SMILES string of the molecule is CC(C)(I)CC(C(=O)NCCO)C(C)(C)C. The summed E-state index contributed by atoms with van der Waals surface area (Å²) in [6, 6.07) is 0. The molecular weight excluding hydrogens is 317 g/mol. The van der Waals surface area contributed by atoms with Gasteiger partial charge in [-0.3, -0.25) is 4.79 Å². The summed E-state index contributed by atoms with van der Waals surface area (Å²) in [5.41, 5.74) is -0.0536. The lowest BCUT2D eigenvalue weighted by molar-refractivity contribution is -0.128. The highest BCUT2D eigenvalue weighted by Crippen LogP contribution is 2.36. The largest absolute Gasteiger partial charge is 0.395 e. The minimum absolute atomic E-state index is 0.00374. The van der Waals surface area contributed by atoms with E-state index in [4.69, 9.17) is 5.11 Å². The van der Waals surface area contributed by atoms with Gasteiger partial charge in [0.05, 0.1) is 6.61 Å². The summed E-state index contributed by atoms with van der Waals surface area (Å²) in [4.78, 5) is 12.0. The number of aliphatic hydroxyl groups excluding tert-OH is 1. The predicted molar refractivity (Wildman–Crippen MR) is 75.8 cm³/mol. The Hall–Kier alpha value is 0.160. The summed E-state index contributed by atoms with van der Waals surface area (Å²) in [5.74, 6) is 0.0252. The molecule has 16 heavy (non-hydrogen) atoms. The second kappa shape index (κ2) is 6.19. The van der Waals surface area contributed by atoms with Gasteiger partial charge in [0.15, 0.2) is 0 Å². The van der Waals surface area contributed by atoms with Crippen LogP contribution in [0.4, 0.5) is 0 Å². The van der Waals surface area contributed by atoms with Crippen molar-refractivity contribution in [2.45, 2.75) is 44.5 Å². The van der Waals surface area contributed by atoms with Crippen molar-refractivity contribution >= 4 is 28.5 Å². The molecule has 0 rings (SSSR count). The lowest BCUT2D eigenvalue weighted by Gasteiger charge is -2.33. The van der Waals surface area contributed by atoms with E-state index in [-0.39, 0.29) is 27.3 Å². The van der Waals surface area contributed by atoms with E-state index in [1.807, 2.05) is 0 Å². The minimum atomic E-state index is -0.0536. The highest BCUT2D eigenvalue weighted by molar-refractivity contribution is 14.1. The van der Waals surface area contributed by atoms with E-state index in [0.29, 0.717) is 6.54 Å². The number of hydrogen-bond donors (Lipinski definition) is 2. The van der Waals surface area contributed by atoms with E-state index in [1.54, 1.807) is 0 Å². The summed E-state index contributed by atoms with van der Waals surface area (Å²) >= 11 is 2.37. The zero-order valence-corrected chi connectivity index (χ0v) is 13.1. The van der Waals surface area contributed by atoms with Crippen LogP contribution in [0, 0.1) is 11.3 Å². The maximum atomic E-state index is 12.0. The van der Waals surface area contributed by atoms with Gasteiger partial charge in [0, 0.05) is 15.9 Å². The Bertz CT molecular complexity index is 228. The lowest BCUT2D eigenvalue weighted by atomic mass is 9.75.